The van der Waals surface area contributed by atoms with Crippen molar-refractivity contribution >= 4 is 17.8 Å². The van der Waals surface area contributed by atoms with Gasteiger partial charge in [0.1, 0.15) is 0 Å². The molecule has 3 rings (SSSR count). The smallest absolute Gasteiger partial charge is 0.254 e. The van der Waals surface area contributed by atoms with Gasteiger partial charge in [-0.05, 0) is 36.8 Å². The molecule has 2 heterocycles. The molecule has 2 aromatic rings. The maximum Gasteiger partial charge on any atom is 0.254 e. The van der Waals surface area contributed by atoms with Crippen LogP contribution >= 0.6 is 0 Å². The van der Waals surface area contributed by atoms with Gasteiger partial charge in [0.25, 0.3) is 5.91 Å². The van der Waals surface area contributed by atoms with Gasteiger partial charge in [-0.1, -0.05) is 18.2 Å². The third kappa shape index (κ3) is 6.03. The van der Waals surface area contributed by atoms with E-state index in [9.17, 15) is 9.59 Å². The second kappa shape index (κ2) is 10.2. The first kappa shape index (κ1) is 20.3. The summed E-state index contributed by atoms with van der Waals surface area (Å²) in [5, 5.41) is 9.20. The van der Waals surface area contributed by atoms with E-state index in [-0.39, 0.29) is 18.4 Å². The van der Waals surface area contributed by atoms with Crippen LogP contribution in [0.4, 0.5) is 0 Å². The number of piperazine rings is 1. The molecule has 0 bridgehead atoms. The van der Waals surface area contributed by atoms with Crippen molar-refractivity contribution in [3.63, 3.8) is 0 Å². The van der Waals surface area contributed by atoms with Crippen LogP contribution in [0.15, 0.2) is 53.7 Å². The van der Waals surface area contributed by atoms with Crippen LogP contribution in [0, 0.1) is 0 Å². The summed E-state index contributed by atoms with van der Waals surface area (Å²) >= 11 is 0. The van der Waals surface area contributed by atoms with Crippen molar-refractivity contribution in [3.05, 3.63) is 65.5 Å². The number of rotatable bonds is 6. The number of aromatic nitrogens is 1. The summed E-state index contributed by atoms with van der Waals surface area (Å²) < 4.78 is 0. The Labute approximate surface area is 170 Å². The molecule has 1 aromatic heterocycles. The minimum absolute atomic E-state index is 0.110. The highest BCUT2D eigenvalue weighted by atomic mass is 16.2. The Balaban J connectivity index is 1.58. The van der Waals surface area contributed by atoms with Crippen molar-refractivity contribution in [2.45, 2.75) is 20.0 Å². The van der Waals surface area contributed by atoms with E-state index in [4.69, 9.17) is 0 Å². The SMILES string of the molecule is CCNC(=NCc1ccc(C(=O)N2CCNC(=O)C2)cc1)NCc1ccccn1. The van der Waals surface area contributed by atoms with Crippen LogP contribution in [0.5, 0.6) is 0 Å². The van der Waals surface area contributed by atoms with E-state index in [2.05, 4.69) is 25.9 Å². The monoisotopic (exact) mass is 394 g/mol. The number of aliphatic imine (C=N–C) groups is 1. The molecule has 1 fully saturated rings. The van der Waals surface area contributed by atoms with Crippen molar-refractivity contribution in [2.24, 2.45) is 4.99 Å². The lowest BCUT2D eigenvalue weighted by Crippen LogP contribution is -2.49. The molecule has 2 amide bonds. The van der Waals surface area contributed by atoms with Gasteiger partial charge in [-0.3, -0.25) is 14.6 Å². The molecule has 1 aromatic carbocycles. The van der Waals surface area contributed by atoms with E-state index in [0.29, 0.717) is 37.7 Å². The number of carbonyl (C=O) groups excluding carboxylic acids is 2. The highest BCUT2D eigenvalue weighted by Crippen LogP contribution is 2.10. The number of nitrogens with zero attached hydrogens (tertiary/aromatic N) is 3. The summed E-state index contributed by atoms with van der Waals surface area (Å²) in [6.07, 6.45) is 1.76. The number of guanidine groups is 1. The van der Waals surface area contributed by atoms with Gasteiger partial charge in [-0.15, -0.1) is 0 Å². The number of hydrogen-bond acceptors (Lipinski definition) is 4. The van der Waals surface area contributed by atoms with E-state index in [0.717, 1.165) is 17.8 Å². The van der Waals surface area contributed by atoms with Gasteiger partial charge in [-0.2, -0.15) is 0 Å². The van der Waals surface area contributed by atoms with Crippen LogP contribution in [0.3, 0.4) is 0 Å². The van der Waals surface area contributed by atoms with Crippen LogP contribution in [0.25, 0.3) is 0 Å². The molecule has 3 N–H and O–H groups in total. The predicted octanol–water partition coefficient (Wildman–Crippen LogP) is 0.909. The Hall–Kier alpha value is -3.42. The molecule has 1 aliphatic heterocycles. The van der Waals surface area contributed by atoms with E-state index in [1.807, 2.05) is 37.3 Å². The van der Waals surface area contributed by atoms with Crippen LogP contribution in [0.1, 0.15) is 28.5 Å². The molecule has 29 heavy (non-hydrogen) atoms. The van der Waals surface area contributed by atoms with Gasteiger partial charge in [0.05, 0.1) is 25.3 Å². The summed E-state index contributed by atoms with van der Waals surface area (Å²) in [5.41, 5.74) is 2.51. The van der Waals surface area contributed by atoms with Gasteiger partial charge < -0.3 is 20.9 Å². The lowest BCUT2D eigenvalue weighted by molar-refractivity contribution is -0.123. The van der Waals surface area contributed by atoms with Crippen LogP contribution in [-0.2, 0) is 17.9 Å². The van der Waals surface area contributed by atoms with Crippen molar-refractivity contribution < 1.29 is 9.59 Å². The molecule has 8 nitrogen and oxygen atoms in total. The molecular weight excluding hydrogens is 368 g/mol. The van der Waals surface area contributed by atoms with Gasteiger partial charge in [0, 0.05) is 31.4 Å². The highest BCUT2D eigenvalue weighted by Gasteiger charge is 2.22. The van der Waals surface area contributed by atoms with Gasteiger partial charge in [0.15, 0.2) is 5.96 Å². The average molecular weight is 394 g/mol. The summed E-state index contributed by atoms with van der Waals surface area (Å²) in [7, 11) is 0. The molecule has 0 unspecified atom stereocenters. The lowest BCUT2D eigenvalue weighted by atomic mass is 10.1. The molecule has 1 saturated heterocycles. The molecule has 1 aliphatic rings. The minimum Gasteiger partial charge on any atom is -0.357 e. The second-order valence-electron chi connectivity index (χ2n) is 6.64. The van der Waals surface area contributed by atoms with E-state index >= 15 is 0 Å². The van der Waals surface area contributed by atoms with Crippen molar-refractivity contribution in [1.29, 1.82) is 0 Å². The summed E-state index contributed by atoms with van der Waals surface area (Å²) in [6.45, 7) is 4.98. The van der Waals surface area contributed by atoms with Crippen molar-refractivity contribution in [1.82, 2.24) is 25.8 Å². The predicted molar refractivity (Wildman–Crippen MR) is 111 cm³/mol. The number of nitrogens with one attached hydrogen (secondary N) is 3. The van der Waals surface area contributed by atoms with Crippen molar-refractivity contribution in [2.75, 3.05) is 26.2 Å². The zero-order valence-electron chi connectivity index (χ0n) is 16.5. The van der Waals surface area contributed by atoms with E-state index in [1.54, 1.807) is 23.2 Å². The number of carbonyl (C=O) groups is 2. The molecule has 0 aliphatic carbocycles. The van der Waals surface area contributed by atoms with Crippen LogP contribution < -0.4 is 16.0 Å². The third-order valence-electron chi connectivity index (χ3n) is 4.45. The molecule has 0 saturated carbocycles. The second-order valence-corrected chi connectivity index (χ2v) is 6.64. The number of amides is 2. The van der Waals surface area contributed by atoms with Gasteiger partial charge >= 0.3 is 0 Å². The Morgan fingerprint density at radius 1 is 1.21 bits per heavy atom. The van der Waals surface area contributed by atoms with E-state index in [1.165, 1.54) is 0 Å². The molecule has 0 atom stereocenters. The quantitative estimate of drug-likeness (QED) is 0.500. The van der Waals surface area contributed by atoms with Gasteiger partial charge in [-0.25, -0.2) is 4.99 Å². The fourth-order valence-corrected chi connectivity index (χ4v) is 2.94. The zero-order valence-corrected chi connectivity index (χ0v) is 16.5. The molecule has 152 valence electrons. The normalized spacial score (nSPS) is 14.3. The first-order valence-corrected chi connectivity index (χ1v) is 9.72. The Bertz CT molecular complexity index is 851. The van der Waals surface area contributed by atoms with Crippen LogP contribution in [-0.4, -0.2) is 53.8 Å². The first-order chi connectivity index (χ1) is 14.2. The highest BCUT2D eigenvalue weighted by molar-refractivity contribution is 5.97. The molecule has 0 radical (unpaired) electrons. The fourth-order valence-electron chi connectivity index (χ4n) is 2.94. The maximum absolute atomic E-state index is 12.5. The van der Waals surface area contributed by atoms with E-state index < -0.39 is 0 Å². The molecular formula is C21H26N6O2. The number of pyridine rings is 1. The zero-order chi connectivity index (χ0) is 20.5. The largest absolute Gasteiger partial charge is 0.357 e. The number of benzene rings is 1. The standard InChI is InChI=1S/C21H26N6O2/c1-2-22-21(26-14-18-5-3-4-10-23-18)25-13-16-6-8-17(9-7-16)20(29)27-12-11-24-19(28)15-27/h3-10H,2,11-15H2,1H3,(H,24,28)(H2,22,25,26). The maximum atomic E-state index is 12.5. The van der Waals surface area contributed by atoms with Crippen molar-refractivity contribution in [3.8, 4) is 0 Å². The first-order valence-electron chi connectivity index (χ1n) is 9.72. The Morgan fingerprint density at radius 2 is 2.03 bits per heavy atom. The summed E-state index contributed by atoms with van der Waals surface area (Å²) in [4.78, 5) is 34.4. The summed E-state index contributed by atoms with van der Waals surface area (Å²) in [5.74, 6) is 0.461. The average Bonchev–Trinajstić information content (AvgIpc) is 2.76. The van der Waals surface area contributed by atoms with Crippen LogP contribution in [0.2, 0.25) is 0 Å². The Morgan fingerprint density at radius 3 is 2.72 bits per heavy atom. The summed E-state index contributed by atoms with van der Waals surface area (Å²) in [6, 6.07) is 13.1. The number of hydrogen-bond donors (Lipinski definition) is 3. The molecule has 0 spiro atoms. The lowest BCUT2D eigenvalue weighted by Gasteiger charge is -2.26. The Kier molecular flexibility index (Phi) is 7.16. The minimum atomic E-state index is -0.125. The fraction of sp³-hybridized carbons (Fsp3) is 0.333. The molecule has 8 heteroatoms. The topological polar surface area (TPSA) is 98.7 Å². The van der Waals surface area contributed by atoms with Gasteiger partial charge in [0.2, 0.25) is 5.91 Å². The third-order valence-corrected chi connectivity index (χ3v) is 4.45.